The molecule has 3 aromatic rings. The second-order valence-electron chi connectivity index (χ2n) is 4.60. The van der Waals surface area contributed by atoms with Crippen molar-refractivity contribution in [1.29, 1.82) is 0 Å². The molecule has 2 N–H and O–H groups in total. The van der Waals surface area contributed by atoms with Gasteiger partial charge in [0.25, 0.3) is 0 Å². The molecule has 0 unspecified atom stereocenters. The number of anilines is 1. The van der Waals surface area contributed by atoms with Gasteiger partial charge in [0, 0.05) is 5.39 Å². The van der Waals surface area contributed by atoms with Crippen LogP contribution in [0.15, 0.2) is 60.0 Å². The molecule has 1 aromatic heterocycles. The third-order valence-corrected chi connectivity index (χ3v) is 3.16. The highest BCUT2D eigenvalue weighted by Crippen LogP contribution is 2.18. The first kappa shape index (κ1) is 13.1. The van der Waals surface area contributed by atoms with Crippen LogP contribution in [0.5, 0.6) is 5.75 Å². The normalized spacial score (nSPS) is 11.6. The molecule has 0 fully saturated rings. The fourth-order valence-corrected chi connectivity index (χ4v) is 2.00. The first-order valence-electron chi connectivity index (χ1n) is 6.53. The molecule has 0 spiro atoms. The van der Waals surface area contributed by atoms with E-state index in [1.807, 2.05) is 43.3 Å². The Morgan fingerprint density at radius 2 is 1.81 bits per heavy atom. The van der Waals surface area contributed by atoms with E-state index in [9.17, 15) is 5.11 Å². The number of nitrogens with zero attached hydrogens (tertiary/aromatic N) is 3. The van der Waals surface area contributed by atoms with Gasteiger partial charge in [-0.15, -0.1) is 0 Å². The molecule has 0 saturated heterocycles. The number of para-hydroxylation sites is 1. The highest BCUT2D eigenvalue weighted by atomic mass is 16.3. The summed E-state index contributed by atoms with van der Waals surface area (Å²) in [5, 5.41) is 14.6. The average molecular weight is 278 g/mol. The van der Waals surface area contributed by atoms with Gasteiger partial charge in [0.2, 0.25) is 0 Å². The molecule has 0 bridgehead atoms. The van der Waals surface area contributed by atoms with Crippen LogP contribution < -0.4 is 5.43 Å². The van der Waals surface area contributed by atoms with Gasteiger partial charge in [-0.2, -0.15) is 5.10 Å². The predicted octanol–water partition coefficient (Wildman–Crippen LogP) is 3.17. The van der Waals surface area contributed by atoms with Crippen molar-refractivity contribution < 1.29 is 5.11 Å². The zero-order valence-corrected chi connectivity index (χ0v) is 11.5. The van der Waals surface area contributed by atoms with Crippen molar-refractivity contribution in [3.8, 4) is 5.75 Å². The molecule has 0 aliphatic heterocycles. The topological polar surface area (TPSA) is 70.4 Å². The lowest BCUT2D eigenvalue weighted by Crippen LogP contribution is -2.01. The summed E-state index contributed by atoms with van der Waals surface area (Å²) in [6.07, 6.45) is 1.51. The molecule has 0 radical (unpaired) electrons. The highest BCUT2D eigenvalue weighted by Gasteiger charge is 2.02. The number of phenolic OH excluding ortho intramolecular Hbond substituents is 1. The fraction of sp³-hybridized carbons (Fsp3) is 0.0625. The van der Waals surface area contributed by atoms with Crippen LogP contribution >= 0.6 is 0 Å². The van der Waals surface area contributed by atoms with Crippen molar-refractivity contribution in [3.63, 3.8) is 0 Å². The third-order valence-electron chi connectivity index (χ3n) is 3.16. The maximum Gasteiger partial charge on any atom is 0.157 e. The van der Waals surface area contributed by atoms with E-state index in [4.69, 9.17) is 0 Å². The van der Waals surface area contributed by atoms with Crippen LogP contribution in [0.1, 0.15) is 12.5 Å². The van der Waals surface area contributed by atoms with Crippen LogP contribution in [0.2, 0.25) is 0 Å². The van der Waals surface area contributed by atoms with Crippen LogP contribution in [0.4, 0.5) is 5.82 Å². The minimum atomic E-state index is 0.237. The second kappa shape index (κ2) is 5.58. The summed E-state index contributed by atoms with van der Waals surface area (Å²) in [7, 11) is 0. The summed E-state index contributed by atoms with van der Waals surface area (Å²) in [6.45, 7) is 1.89. The zero-order chi connectivity index (χ0) is 14.7. The van der Waals surface area contributed by atoms with E-state index in [2.05, 4.69) is 20.5 Å². The fourth-order valence-electron chi connectivity index (χ4n) is 2.00. The second-order valence-corrected chi connectivity index (χ2v) is 4.60. The Morgan fingerprint density at radius 1 is 1.05 bits per heavy atom. The third kappa shape index (κ3) is 2.81. The van der Waals surface area contributed by atoms with Crippen LogP contribution in [0.25, 0.3) is 10.9 Å². The Bertz CT molecular complexity index is 791. The number of phenols is 1. The number of aromatic hydroxyl groups is 1. The molecule has 0 amide bonds. The van der Waals surface area contributed by atoms with Crippen molar-refractivity contribution in [2.24, 2.45) is 5.10 Å². The molecule has 0 aliphatic rings. The summed E-state index contributed by atoms with van der Waals surface area (Å²) in [5.74, 6) is 0.903. The van der Waals surface area contributed by atoms with E-state index >= 15 is 0 Å². The van der Waals surface area contributed by atoms with Gasteiger partial charge >= 0.3 is 0 Å². The first-order valence-corrected chi connectivity index (χ1v) is 6.53. The minimum Gasteiger partial charge on any atom is -0.508 e. The minimum absolute atomic E-state index is 0.237. The maximum atomic E-state index is 9.29. The molecule has 0 atom stereocenters. The van der Waals surface area contributed by atoms with Crippen molar-refractivity contribution in [2.75, 3.05) is 5.43 Å². The number of hydrogen-bond acceptors (Lipinski definition) is 5. The lowest BCUT2D eigenvalue weighted by Gasteiger charge is -2.05. The molecule has 0 saturated carbocycles. The van der Waals surface area contributed by atoms with Crippen LogP contribution in [0, 0.1) is 0 Å². The monoisotopic (exact) mass is 278 g/mol. The molecule has 21 heavy (non-hydrogen) atoms. The summed E-state index contributed by atoms with van der Waals surface area (Å²) >= 11 is 0. The van der Waals surface area contributed by atoms with E-state index in [-0.39, 0.29) is 5.75 Å². The standard InChI is InChI=1S/C16H14N4O/c1-11(12-6-8-13(21)9-7-12)19-20-16-14-4-2-3-5-15(14)17-10-18-16/h2-10,21H,1H3,(H,17,18,20). The quantitative estimate of drug-likeness (QED) is 0.570. The van der Waals surface area contributed by atoms with Crippen molar-refractivity contribution in [1.82, 2.24) is 9.97 Å². The molecule has 3 rings (SSSR count). The van der Waals surface area contributed by atoms with Crippen molar-refractivity contribution >= 4 is 22.4 Å². The first-order chi connectivity index (χ1) is 10.2. The number of rotatable bonds is 3. The SMILES string of the molecule is CC(=NNc1ncnc2ccccc12)c1ccc(O)cc1. The number of fused-ring (bicyclic) bond motifs is 1. The van der Waals surface area contributed by atoms with Gasteiger partial charge in [-0.1, -0.05) is 12.1 Å². The smallest absolute Gasteiger partial charge is 0.157 e. The summed E-state index contributed by atoms with van der Waals surface area (Å²) in [6, 6.07) is 14.6. The van der Waals surface area contributed by atoms with Crippen LogP contribution in [-0.2, 0) is 0 Å². The van der Waals surface area contributed by atoms with Crippen molar-refractivity contribution in [2.45, 2.75) is 6.92 Å². The molecule has 104 valence electrons. The van der Waals surface area contributed by atoms with E-state index in [0.717, 1.165) is 22.2 Å². The lowest BCUT2D eigenvalue weighted by atomic mass is 10.1. The number of aromatic nitrogens is 2. The molecule has 0 aliphatic carbocycles. The van der Waals surface area contributed by atoms with Gasteiger partial charge in [-0.25, -0.2) is 9.97 Å². The van der Waals surface area contributed by atoms with Gasteiger partial charge in [-0.3, -0.25) is 5.43 Å². The zero-order valence-electron chi connectivity index (χ0n) is 11.5. The number of nitrogens with one attached hydrogen (secondary N) is 1. The van der Waals surface area contributed by atoms with E-state index in [0.29, 0.717) is 5.82 Å². The summed E-state index contributed by atoms with van der Waals surface area (Å²) in [4.78, 5) is 8.43. The average Bonchev–Trinajstić information content (AvgIpc) is 2.53. The molecular weight excluding hydrogens is 264 g/mol. The molecule has 5 heteroatoms. The number of hydrazone groups is 1. The number of benzene rings is 2. The van der Waals surface area contributed by atoms with Crippen LogP contribution in [-0.4, -0.2) is 20.8 Å². The van der Waals surface area contributed by atoms with E-state index < -0.39 is 0 Å². The van der Waals surface area contributed by atoms with Crippen LogP contribution in [0.3, 0.4) is 0 Å². The number of hydrogen-bond donors (Lipinski definition) is 2. The molecular formula is C16H14N4O. The molecule has 2 aromatic carbocycles. The highest BCUT2D eigenvalue weighted by molar-refractivity contribution is 5.99. The molecule has 5 nitrogen and oxygen atoms in total. The van der Waals surface area contributed by atoms with Crippen molar-refractivity contribution in [3.05, 3.63) is 60.4 Å². The largest absolute Gasteiger partial charge is 0.508 e. The van der Waals surface area contributed by atoms with Gasteiger partial charge in [0.15, 0.2) is 5.82 Å². The van der Waals surface area contributed by atoms with E-state index in [1.165, 1.54) is 6.33 Å². The Morgan fingerprint density at radius 3 is 2.62 bits per heavy atom. The predicted molar refractivity (Wildman–Crippen MR) is 83.5 cm³/mol. The Labute approximate surface area is 122 Å². The summed E-state index contributed by atoms with van der Waals surface area (Å²) < 4.78 is 0. The van der Waals surface area contributed by atoms with E-state index in [1.54, 1.807) is 12.1 Å². The van der Waals surface area contributed by atoms with Gasteiger partial charge in [0.05, 0.1) is 11.2 Å². The maximum absolute atomic E-state index is 9.29. The summed E-state index contributed by atoms with van der Waals surface area (Å²) in [5.41, 5.74) is 5.58. The molecule has 1 heterocycles. The Hall–Kier alpha value is -2.95. The van der Waals surface area contributed by atoms with Gasteiger partial charge in [-0.05, 0) is 48.9 Å². The Kier molecular flexibility index (Phi) is 3.47. The van der Waals surface area contributed by atoms with Gasteiger partial charge in [0.1, 0.15) is 12.1 Å². The Balaban J connectivity index is 1.88. The van der Waals surface area contributed by atoms with Gasteiger partial charge < -0.3 is 5.11 Å². The lowest BCUT2D eigenvalue weighted by molar-refractivity contribution is 0.475.